The number of para-hydroxylation sites is 1. The highest BCUT2D eigenvalue weighted by molar-refractivity contribution is 5.47. The molecular weight excluding hydrogens is 359 g/mol. The van der Waals surface area contributed by atoms with Gasteiger partial charge in [-0.05, 0) is 38.1 Å². The maximum atomic E-state index is 14.3. The van der Waals surface area contributed by atoms with Gasteiger partial charge in [0.25, 0.3) is 0 Å². The Bertz CT molecular complexity index is 1040. The molecule has 1 atom stereocenters. The van der Waals surface area contributed by atoms with Gasteiger partial charge in [0.1, 0.15) is 17.6 Å². The van der Waals surface area contributed by atoms with E-state index in [1.165, 1.54) is 6.07 Å². The minimum absolute atomic E-state index is 0.128. The molecule has 1 aromatic carbocycles. The van der Waals surface area contributed by atoms with Gasteiger partial charge in [-0.15, -0.1) is 10.2 Å². The topological polar surface area (TPSA) is 79.9 Å². The number of halogens is 1. The van der Waals surface area contributed by atoms with Crippen molar-refractivity contribution in [2.24, 2.45) is 0 Å². The summed E-state index contributed by atoms with van der Waals surface area (Å²) in [6, 6.07) is 11.9. The second-order valence-electron chi connectivity index (χ2n) is 6.62. The SMILES string of the molecule is Cc1nn(-c2ccccc2F)c(C)c1[C@H]1COCCN1c1ccc(C#N)nn1. The van der Waals surface area contributed by atoms with Crippen molar-refractivity contribution in [2.45, 2.75) is 19.9 Å². The molecule has 1 saturated heterocycles. The molecule has 1 fully saturated rings. The molecule has 1 aliphatic rings. The molecule has 3 heterocycles. The van der Waals surface area contributed by atoms with Gasteiger partial charge >= 0.3 is 0 Å². The van der Waals surface area contributed by atoms with E-state index < -0.39 is 0 Å². The molecule has 0 saturated carbocycles. The first-order valence-corrected chi connectivity index (χ1v) is 8.99. The van der Waals surface area contributed by atoms with Gasteiger partial charge < -0.3 is 9.64 Å². The molecular formula is C20H19FN6O. The summed E-state index contributed by atoms with van der Waals surface area (Å²) >= 11 is 0. The molecule has 0 aliphatic carbocycles. The van der Waals surface area contributed by atoms with Crippen LogP contribution in [0.2, 0.25) is 0 Å². The summed E-state index contributed by atoms with van der Waals surface area (Å²) in [6.45, 7) is 5.51. The van der Waals surface area contributed by atoms with E-state index in [0.29, 0.717) is 31.3 Å². The van der Waals surface area contributed by atoms with Gasteiger partial charge in [-0.1, -0.05) is 12.1 Å². The molecule has 2 aromatic heterocycles. The molecule has 1 aliphatic heterocycles. The van der Waals surface area contributed by atoms with E-state index in [-0.39, 0.29) is 17.6 Å². The Hall–Kier alpha value is -3.31. The van der Waals surface area contributed by atoms with Gasteiger partial charge in [-0.25, -0.2) is 9.07 Å². The van der Waals surface area contributed by atoms with Crippen LogP contribution in [0.25, 0.3) is 5.69 Å². The third kappa shape index (κ3) is 3.10. The molecule has 4 rings (SSSR count). The number of rotatable bonds is 3. The summed E-state index contributed by atoms with van der Waals surface area (Å²) < 4.78 is 21.7. The fourth-order valence-corrected chi connectivity index (χ4v) is 3.65. The van der Waals surface area contributed by atoms with E-state index >= 15 is 0 Å². The van der Waals surface area contributed by atoms with Crippen molar-refractivity contribution >= 4 is 5.82 Å². The zero-order chi connectivity index (χ0) is 19.7. The van der Waals surface area contributed by atoms with Crippen LogP contribution in [0.15, 0.2) is 36.4 Å². The largest absolute Gasteiger partial charge is 0.377 e. The highest BCUT2D eigenvalue weighted by Crippen LogP contribution is 2.33. The first-order chi connectivity index (χ1) is 13.6. The average molecular weight is 378 g/mol. The summed E-state index contributed by atoms with van der Waals surface area (Å²) in [5.41, 5.74) is 3.32. The number of anilines is 1. The number of nitrogens with zero attached hydrogens (tertiary/aromatic N) is 6. The van der Waals surface area contributed by atoms with Gasteiger partial charge in [-0.2, -0.15) is 10.4 Å². The fourth-order valence-electron chi connectivity index (χ4n) is 3.65. The zero-order valence-corrected chi connectivity index (χ0v) is 15.6. The van der Waals surface area contributed by atoms with Crippen LogP contribution in [0.5, 0.6) is 0 Å². The Balaban J connectivity index is 1.76. The van der Waals surface area contributed by atoms with Gasteiger partial charge in [-0.3, -0.25) is 0 Å². The van der Waals surface area contributed by atoms with Crippen molar-refractivity contribution in [3.8, 4) is 11.8 Å². The van der Waals surface area contributed by atoms with E-state index in [4.69, 9.17) is 10.00 Å². The lowest BCUT2D eigenvalue weighted by molar-refractivity contribution is 0.0932. The van der Waals surface area contributed by atoms with Crippen LogP contribution in [0.1, 0.15) is 28.7 Å². The number of hydrogen-bond donors (Lipinski definition) is 0. The van der Waals surface area contributed by atoms with Crippen LogP contribution in [-0.2, 0) is 4.74 Å². The predicted molar refractivity (Wildman–Crippen MR) is 101 cm³/mol. The lowest BCUT2D eigenvalue weighted by atomic mass is 10.0. The van der Waals surface area contributed by atoms with Crippen molar-refractivity contribution < 1.29 is 9.13 Å². The van der Waals surface area contributed by atoms with Gasteiger partial charge in [0.2, 0.25) is 0 Å². The van der Waals surface area contributed by atoms with Crippen LogP contribution < -0.4 is 4.90 Å². The number of aromatic nitrogens is 4. The molecule has 0 N–H and O–H groups in total. The van der Waals surface area contributed by atoms with Crippen molar-refractivity contribution in [3.63, 3.8) is 0 Å². The molecule has 8 heteroatoms. The van der Waals surface area contributed by atoms with Gasteiger partial charge in [0.05, 0.1) is 24.9 Å². The molecule has 0 unspecified atom stereocenters. The number of hydrogen-bond acceptors (Lipinski definition) is 6. The summed E-state index contributed by atoms with van der Waals surface area (Å²) in [7, 11) is 0. The number of benzene rings is 1. The highest BCUT2D eigenvalue weighted by atomic mass is 19.1. The monoisotopic (exact) mass is 378 g/mol. The molecule has 0 spiro atoms. The summed E-state index contributed by atoms with van der Waals surface area (Å²) in [4.78, 5) is 2.10. The third-order valence-electron chi connectivity index (χ3n) is 4.95. The second kappa shape index (κ2) is 7.37. The van der Waals surface area contributed by atoms with Crippen LogP contribution >= 0.6 is 0 Å². The first kappa shape index (κ1) is 18.1. The number of ether oxygens (including phenoxy) is 1. The molecule has 0 amide bonds. The van der Waals surface area contributed by atoms with Crippen molar-refractivity contribution in [1.82, 2.24) is 20.0 Å². The molecule has 142 valence electrons. The van der Waals surface area contributed by atoms with E-state index in [2.05, 4.69) is 20.2 Å². The van der Waals surface area contributed by atoms with Crippen molar-refractivity contribution in [2.75, 3.05) is 24.7 Å². The molecule has 28 heavy (non-hydrogen) atoms. The van der Waals surface area contributed by atoms with Gasteiger partial charge in [0, 0.05) is 17.8 Å². The van der Waals surface area contributed by atoms with Crippen LogP contribution in [0, 0.1) is 31.0 Å². The smallest absolute Gasteiger partial charge is 0.163 e. The van der Waals surface area contributed by atoms with Gasteiger partial charge in [0.15, 0.2) is 11.5 Å². The highest BCUT2D eigenvalue weighted by Gasteiger charge is 2.31. The van der Waals surface area contributed by atoms with E-state index in [1.807, 2.05) is 19.9 Å². The first-order valence-electron chi connectivity index (χ1n) is 8.99. The van der Waals surface area contributed by atoms with Crippen LogP contribution in [0.3, 0.4) is 0 Å². The zero-order valence-electron chi connectivity index (χ0n) is 15.6. The standard InChI is InChI=1S/C20H19FN6O/c1-13-20(14(2)27(25-13)17-6-4-3-5-16(17)21)18-12-28-10-9-26(18)19-8-7-15(11-22)23-24-19/h3-8,18H,9-10,12H2,1-2H3/t18-/m1/s1. The normalized spacial score (nSPS) is 16.8. The number of nitriles is 1. The Morgan fingerprint density at radius 1 is 1.18 bits per heavy atom. The Morgan fingerprint density at radius 2 is 2.00 bits per heavy atom. The number of morpholine rings is 1. The number of aryl methyl sites for hydroxylation is 1. The Morgan fingerprint density at radius 3 is 2.71 bits per heavy atom. The minimum atomic E-state index is -0.325. The summed E-state index contributed by atoms with van der Waals surface area (Å²) in [5.74, 6) is 0.346. The lowest BCUT2D eigenvalue weighted by Gasteiger charge is -2.36. The van der Waals surface area contributed by atoms with Crippen LogP contribution in [-0.4, -0.2) is 39.7 Å². The maximum absolute atomic E-state index is 14.3. The van der Waals surface area contributed by atoms with Crippen molar-refractivity contribution in [1.29, 1.82) is 5.26 Å². The van der Waals surface area contributed by atoms with E-state index in [0.717, 1.165) is 17.0 Å². The average Bonchev–Trinajstić information content (AvgIpc) is 3.02. The van der Waals surface area contributed by atoms with E-state index in [9.17, 15) is 4.39 Å². The summed E-state index contributed by atoms with van der Waals surface area (Å²) in [5, 5.41) is 21.7. The van der Waals surface area contributed by atoms with Crippen molar-refractivity contribution in [3.05, 3.63) is 64.9 Å². The van der Waals surface area contributed by atoms with Crippen LogP contribution in [0.4, 0.5) is 10.2 Å². The molecule has 0 radical (unpaired) electrons. The minimum Gasteiger partial charge on any atom is -0.377 e. The Labute approximate surface area is 162 Å². The Kier molecular flexibility index (Phi) is 4.75. The summed E-state index contributed by atoms with van der Waals surface area (Å²) in [6.07, 6.45) is 0. The molecule has 7 nitrogen and oxygen atoms in total. The third-order valence-corrected chi connectivity index (χ3v) is 4.95. The molecule has 3 aromatic rings. The van der Waals surface area contributed by atoms with E-state index in [1.54, 1.807) is 35.0 Å². The second-order valence-corrected chi connectivity index (χ2v) is 6.62. The maximum Gasteiger partial charge on any atom is 0.163 e. The molecule has 0 bridgehead atoms. The predicted octanol–water partition coefficient (Wildman–Crippen LogP) is 2.87. The quantitative estimate of drug-likeness (QED) is 0.697. The fraction of sp³-hybridized carbons (Fsp3) is 0.300. The lowest BCUT2D eigenvalue weighted by Crippen LogP contribution is -2.40.